The first kappa shape index (κ1) is 16.0. The molecule has 126 valence electrons. The summed E-state index contributed by atoms with van der Waals surface area (Å²) in [4.78, 5) is 29.0. The van der Waals surface area contributed by atoms with Crippen molar-refractivity contribution in [2.24, 2.45) is 7.05 Å². The number of ether oxygens (including phenoxy) is 3. The minimum Gasteiger partial charge on any atom is -0.481 e. The van der Waals surface area contributed by atoms with Gasteiger partial charge in [-0.2, -0.15) is 0 Å². The first-order chi connectivity index (χ1) is 11.5. The van der Waals surface area contributed by atoms with E-state index in [9.17, 15) is 9.59 Å². The highest BCUT2D eigenvalue weighted by Crippen LogP contribution is 2.39. The van der Waals surface area contributed by atoms with Crippen molar-refractivity contribution in [3.8, 4) is 5.88 Å². The highest BCUT2D eigenvalue weighted by Gasteiger charge is 2.34. The molecular formula is C17H18N2O5. The zero-order valence-corrected chi connectivity index (χ0v) is 14.0. The van der Waals surface area contributed by atoms with Gasteiger partial charge in [0, 0.05) is 24.4 Å². The van der Waals surface area contributed by atoms with Crippen molar-refractivity contribution in [1.82, 2.24) is 9.55 Å². The Labute approximate surface area is 138 Å². The summed E-state index contributed by atoms with van der Waals surface area (Å²) >= 11 is 0. The lowest BCUT2D eigenvalue weighted by Gasteiger charge is -2.19. The van der Waals surface area contributed by atoms with Gasteiger partial charge in [-0.25, -0.2) is 14.6 Å². The van der Waals surface area contributed by atoms with E-state index in [0.29, 0.717) is 35.4 Å². The first-order valence-corrected chi connectivity index (χ1v) is 7.45. The van der Waals surface area contributed by atoms with E-state index < -0.39 is 11.9 Å². The van der Waals surface area contributed by atoms with Crippen molar-refractivity contribution in [2.45, 2.75) is 12.8 Å². The first-order valence-electron chi connectivity index (χ1n) is 7.45. The normalized spacial score (nSPS) is 13.7. The second-order valence-corrected chi connectivity index (χ2v) is 5.44. The van der Waals surface area contributed by atoms with Crippen LogP contribution in [0.15, 0.2) is 17.7 Å². The molecule has 7 nitrogen and oxygen atoms in total. The molecule has 2 aromatic heterocycles. The molecule has 7 heteroatoms. The summed E-state index contributed by atoms with van der Waals surface area (Å²) in [6, 6.07) is 3.64. The van der Waals surface area contributed by atoms with E-state index in [0.717, 1.165) is 11.2 Å². The van der Waals surface area contributed by atoms with Gasteiger partial charge in [0.05, 0.1) is 38.0 Å². The number of aromatic nitrogens is 2. The molecule has 0 fully saturated rings. The lowest BCUT2D eigenvalue weighted by atomic mass is 9.89. The third-order valence-electron chi connectivity index (χ3n) is 4.33. The third-order valence-corrected chi connectivity index (χ3v) is 4.33. The Hall–Kier alpha value is -2.83. The number of esters is 2. The molecule has 2 aromatic rings. The molecule has 0 aliphatic heterocycles. The van der Waals surface area contributed by atoms with Crippen LogP contribution in [0.5, 0.6) is 5.88 Å². The maximum absolute atomic E-state index is 12.4. The van der Waals surface area contributed by atoms with Gasteiger partial charge in [0.2, 0.25) is 5.88 Å². The zero-order chi connectivity index (χ0) is 17.4. The summed E-state index contributed by atoms with van der Waals surface area (Å²) < 4.78 is 16.9. The summed E-state index contributed by atoms with van der Waals surface area (Å²) in [6.45, 7) is 0. The fraction of sp³-hybridized carbons (Fsp3) is 0.353. The standard InChI is InChI=1S/C17H18N2O5/c1-19-10-6-5-9(16(20)23-3)13(17(21)24-4)14(10)15-11(19)7-8-12(18-15)22-2/h7-8H,5-6H2,1-4H3. The molecule has 0 amide bonds. The molecule has 0 atom stereocenters. The number of nitrogens with zero attached hydrogens (tertiary/aromatic N) is 2. The van der Waals surface area contributed by atoms with Gasteiger partial charge >= 0.3 is 11.9 Å². The predicted octanol–water partition coefficient (Wildman–Crippen LogP) is 1.63. The van der Waals surface area contributed by atoms with Crippen LogP contribution in [0, 0.1) is 0 Å². The SMILES string of the molecule is COC(=O)C1=C(C(=O)OC)c2c(n(C)c3ccc(OC)nc23)CC1. The Balaban J connectivity index is 2.39. The lowest BCUT2D eigenvalue weighted by Crippen LogP contribution is -2.19. The molecule has 0 saturated heterocycles. The molecule has 0 spiro atoms. The number of carbonyl (C=O) groups excluding carboxylic acids is 2. The van der Waals surface area contributed by atoms with Crippen LogP contribution in [0.1, 0.15) is 17.7 Å². The molecule has 2 heterocycles. The zero-order valence-electron chi connectivity index (χ0n) is 14.0. The van der Waals surface area contributed by atoms with Crippen molar-refractivity contribution < 1.29 is 23.8 Å². The van der Waals surface area contributed by atoms with Gasteiger partial charge in [0.15, 0.2) is 0 Å². The molecule has 0 bridgehead atoms. The largest absolute Gasteiger partial charge is 0.481 e. The molecule has 0 saturated carbocycles. The number of methoxy groups -OCH3 is 3. The van der Waals surface area contributed by atoms with Crippen molar-refractivity contribution in [1.29, 1.82) is 0 Å². The van der Waals surface area contributed by atoms with E-state index in [4.69, 9.17) is 14.2 Å². The van der Waals surface area contributed by atoms with Crippen LogP contribution in [-0.4, -0.2) is 42.8 Å². The van der Waals surface area contributed by atoms with Crippen LogP contribution in [0.3, 0.4) is 0 Å². The Kier molecular flexibility index (Phi) is 4.01. The predicted molar refractivity (Wildman–Crippen MR) is 86.5 cm³/mol. The van der Waals surface area contributed by atoms with Gasteiger partial charge in [-0.05, 0) is 18.9 Å². The van der Waals surface area contributed by atoms with Crippen molar-refractivity contribution >= 4 is 28.5 Å². The Morgan fingerprint density at radius 3 is 2.42 bits per heavy atom. The van der Waals surface area contributed by atoms with Gasteiger partial charge in [0.1, 0.15) is 5.52 Å². The van der Waals surface area contributed by atoms with E-state index in [1.807, 2.05) is 17.7 Å². The summed E-state index contributed by atoms with van der Waals surface area (Å²) in [6.07, 6.45) is 1.01. The summed E-state index contributed by atoms with van der Waals surface area (Å²) in [7, 11) is 6.02. The molecule has 0 unspecified atom stereocenters. The minimum absolute atomic E-state index is 0.219. The van der Waals surface area contributed by atoms with Gasteiger partial charge in [-0.1, -0.05) is 0 Å². The topological polar surface area (TPSA) is 79.7 Å². The van der Waals surface area contributed by atoms with Crippen LogP contribution >= 0.6 is 0 Å². The molecule has 3 rings (SSSR count). The Bertz CT molecular complexity index is 879. The number of pyridine rings is 1. The van der Waals surface area contributed by atoms with Crippen LogP contribution in [0.4, 0.5) is 0 Å². The van der Waals surface area contributed by atoms with Gasteiger partial charge in [-0.3, -0.25) is 0 Å². The quantitative estimate of drug-likeness (QED) is 0.796. The number of carbonyl (C=O) groups is 2. The smallest absolute Gasteiger partial charge is 0.339 e. The molecule has 24 heavy (non-hydrogen) atoms. The number of aryl methyl sites for hydroxylation is 1. The fourth-order valence-electron chi connectivity index (χ4n) is 3.18. The average molecular weight is 330 g/mol. The van der Waals surface area contributed by atoms with Crippen molar-refractivity contribution in [3.63, 3.8) is 0 Å². The Morgan fingerprint density at radius 1 is 1.08 bits per heavy atom. The fourth-order valence-corrected chi connectivity index (χ4v) is 3.18. The molecular weight excluding hydrogens is 312 g/mol. The maximum Gasteiger partial charge on any atom is 0.339 e. The molecule has 0 aromatic carbocycles. The van der Waals surface area contributed by atoms with E-state index in [-0.39, 0.29) is 5.57 Å². The highest BCUT2D eigenvalue weighted by atomic mass is 16.5. The minimum atomic E-state index is -0.575. The number of rotatable bonds is 3. The number of hydrogen-bond donors (Lipinski definition) is 0. The van der Waals surface area contributed by atoms with Gasteiger partial charge < -0.3 is 18.8 Å². The third kappa shape index (κ3) is 2.24. The second-order valence-electron chi connectivity index (χ2n) is 5.44. The van der Waals surface area contributed by atoms with E-state index in [2.05, 4.69) is 4.98 Å². The summed E-state index contributed by atoms with van der Waals surface area (Å²) in [5, 5.41) is 0. The molecule has 1 aliphatic carbocycles. The monoisotopic (exact) mass is 330 g/mol. The van der Waals surface area contributed by atoms with Crippen LogP contribution in [0.2, 0.25) is 0 Å². The Morgan fingerprint density at radius 2 is 1.79 bits per heavy atom. The van der Waals surface area contributed by atoms with E-state index >= 15 is 0 Å². The highest BCUT2D eigenvalue weighted by molar-refractivity contribution is 6.26. The second kappa shape index (κ2) is 5.99. The van der Waals surface area contributed by atoms with Crippen LogP contribution in [-0.2, 0) is 32.5 Å². The van der Waals surface area contributed by atoms with Crippen molar-refractivity contribution in [3.05, 3.63) is 29.0 Å². The van der Waals surface area contributed by atoms with E-state index in [1.165, 1.54) is 21.3 Å². The molecule has 0 radical (unpaired) electrons. The van der Waals surface area contributed by atoms with E-state index in [1.54, 1.807) is 6.07 Å². The molecule has 0 N–H and O–H groups in total. The molecule has 1 aliphatic rings. The van der Waals surface area contributed by atoms with Gasteiger partial charge in [0.25, 0.3) is 0 Å². The average Bonchev–Trinajstić information content (AvgIpc) is 2.91. The number of fused-ring (bicyclic) bond motifs is 3. The lowest BCUT2D eigenvalue weighted by molar-refractivity contribution is -0.138. The van der Waals surface area contributed by atoms with Gasteiger partial charge in [-0.15, -0.1) is 0 Å². The summed E-state index contributed by atoms with van der Waals surface area (Å²) in [5.74, 6) is -0.667. The maximum atomic E-state index is 12.4. The summed E-state index contributed by atoms with van der Waals surface area (Å²) in [5.41, 5.74) is 3.54. The van der Waals surface area contributed by atoms with Crippen LogP contribution < -0.4 is 4.74 Å². The number of hydrogen-bond acceptors (Lipinski definition) is 6. The van der Waals surface area contributed by atoms with Crippen LogP contribution in [0.25, 0.3) is 16.6 Å². The van der Waals surface area contributed by atoms with Crippen molar-refractivity contribution in [2.75, 3.05) is 21.3 Å².